The number of nitrogens with one attached hydrogen (secondary N) is 1. The lowest BCUT2D eigenvalue weighted by molar-refractivity contribution is -0.122. The molecule has 1 atom stereocenters. The van der Waals surface area contributed by atoms with Gasteiger partial charge in [0.1, 0.15) is 6.04 Å². The Morgan fingerprint density at radius 1 is 1.03 bits per heavy atom. The van der Waals surface area contributed by atoms with Gasteiger partial charge in [-0.2, -0.15) is 0 Å². The maximum Gasteiger partial charge on any atom is 0.257 e. The smallest absolute Gasteiger partial charge is 0.257 e. The molecule has 4 amide bonds. The summed E-state index contributed by atoms with van der Waals surface area (Å²) < 4.78 is 5.41. The van der Waals surface area contributed by atoms with Gasteiger partial charge in [0.05, 0.1) is 25.3 Å². The van der Waals surface area contributed by atoms with Crippen molar-refractivity contribution >= 4 is 35.0 Å². The van der Waals surface area contributed by atoms with Crippen molar-refractivity contribution in [3.05, 3.63) is 59.7 Å². The Labute approximate surface area is 204 Å². The van der Waals surface area contributed by atoms with Crippen molar-refractivity contribution in [2.75, 3.05) is 49.6 Å². The summed E-state index contributed by atoms with van der Waals surface area (Å²) in [5, 5.41) is 2.66. The van der Waals surface area contributed by atoms with Crippen LogP contribution in [0, 0.1) is 6.92 Å². The first-order valence-electron chi connectivity index (χ1n) is 11.8. The van der Waals surface area contributed by atoms with Gasteiger partial charge in [0.2, 0.25) is 11.8 Å². The second-order valence-electron chi connectivity index (χ2n) is 8.83. The first kappa shape index (κ1) is 24.6. The Hall–Kier alpha value is -3.56. The van der Waals surface area contributed by atoms with Gasteiger partial charge in [-0.3, -0.25) is 24.1 Å². The minimum Gasteiger partial charge on any atom is -0.379 e. The molecule has 2 aromatic rings. The minimum atomic E-state index is -0.882. The molecule has 2 saturated heterocycles. The van der Waals surface area contributed by atoms with Crippen molar-refractivity contribution in [2.24, 2.45) is 0 Å². The van der Waals surface area contributed by atoms with Crippen molar-refractivity contribution in [3.8, 4) is 0 Å². The van der Waals surface area contributed by atoms with Crippen LogP contribution in [0.5, 0.6) is 0 Å². The molecule has 2 aliphatic rings. The number of morpholine rings is 1. The molecule has 0 aliphatic carbocycles. The maximum absolute atomic E-state index is 13.5. The Balaban J connectivity index is 1.56. The van der Waals surface area contributed by atoms with Crippen LogP contribution in [0.4, 0.5) is 11.4 Å². The fourth-order valence-corrected chi connectivity index (χ4v) is 4.36. The largest absolute Gasteiger partial charge is 0.379 e. The van der Waals surface area contributed by atoms with Gasteiger partial charge in [-0.25, -0.2) is 4.90 Å². The highest BCUT2D eigenvalue weighted by molar-refractivity contribution is 6.23. The summed E-state index contributed by atoms with van der Waals surface area (Å²) in [6.07, 6.45) is -0.0764. The van der Waals surface area contributed by atoms with E-state index < -0.39 is 11.9 Å². The summed E-state index contributed by atoms with van der Waals surface area (Å²) >= 11 is 0. The van der Waals surface area contributed by atoms with E-state index >= 15 is 0 Å². The Kier molecular flexibility index (Phi) is 7.57. The summed E-state index contributed by atoms with van der Waals surface area (Å²) in [5.41, 5.74) is 2.49. The van der Waals surface area contributed by atoms with Gasteiger partial charge in [-0.15, -0.1) is 0 Å². The number of imide groups is 1. The molecule has 9 nitrogen and oxygen atoms in total. The zero-order valence-electron chi connectivity index (χ0n) is 20.0. The molecule has 2 aliphatic heterocycles. The number of hydrogen-bond acceptors (Lipinski definition) is 6. The van der Waals surface area contributed by atoms with Gasteiger partial charge < -0.3 is 15.0 Å². The molecule has 35 heavy (non-hydrogen) atoms. The Morgan fingerprint density at radius 2 is 1.69 bits per heavy atom. The summed E-state index contributed by atoms with van der Waals surface area (Å²) in [6.45, 7) is 7.05. The zero-order chi connectivity index (χ0) is 24.9. The van der Waals surface area contributed by atoms with E-state index in [0.29, 0.717) is 43.2 Å². The maximum atomic E-state index is 13.5. The van der Waals surface area contributed by atoms with Crippen LogP contribution in [0.25, 0.3) is 0 Å². The number of rotatable bonds is 7. The number of amides is 4. The summed E-state index contributed by atoms with van der Waals surface area (Å²) in [4.78, 5) is 56.1. The van der Waals surface area contributed by atoms with Crippen LogP contribution < -0.4 is 10.2 Å². The van der Waals surface area contributed by atoms with Crippen LogP contribution in [0.1, 0.15) is 29.3 Å². The normalized spacial score (nSPS) is 18.6. The number of anilines is 2. The first-order valence-corrected chi connectivity index (χ1v) is 11.8. The Morgan fingerprint density at radius 3 is 2.31 bits per heavy atom. The average Bonchev–Trinajstić information content (AvgIpc) is 3.14. The highest BCUT2D eigenvalue weighted by atomic mass is 16.5. The van der Waals surface area contributed by atoms with E-state index in [4.69, 9.17) is 4.74 Å². The van der Waals surface area contributed by atoms with Gasteiger partial charge in [-0.1, -0.05) is 17.7 Å². The van der Waals surface area contributed by atoms with Crippen LogP contribution in [0.3, 0.4) is 0 Å². The van der Waals surface area contributed by atoms with Crippen molar-refractivity contribution in [3.63, 3.8) is 0 Å². The quantitative estimate of drug-likeness (QED) is 0.612. The molecule has 0 spiro atoms. The van der Waals surface area contributed by atoms with Gasteiger partial charge in [0.15, 0.2) is 0 Å². The van der Waals surface area contributed by atoms with Crippen LogP contribution in [0.2, 0.25) is 0 Å². The summed E-state index contributed by atoms with van der Waals surface area (Å²) in [5.74, 6) is -1.27. The first-order chi connectivity index (χ1) is 16.8. The number of benzene rings is 2. The predicted octanol–water partition coefficient (Wildman–Crippen LogP) is 2.06. The second kappa shape index (κ2) is 10.8. The van der Waals surface area contributed by atoms with E-state index in [0.717, 1.165) is 23.6 Å². The molecule has 0 bridgehead atoms. The van der Waals surface area contributed by atoms with E-state index in [1.807, 2.05) is 19.1 Å². The SMILES string of the molecule is CC(=O)Nc1ccc(N2C(=O)CC(N(CCN3CCOCC3)C(=O)c3ccc(C)cc3)C2=O)cc1. The van der Waals surface area contributed by atoms with Gasteiger partial charge in [-0.05, 0) is 43.3 Å². The number of hydrogen-bond donors (Lipinski definition) is 1. The van der Waals surface area contributed by atoms with Crippen molar-refractivity contribution < 1.29 is 23.9 Å². The molecule has 184 valence electrons. The summed E-state index contributed by atoms with van der Waals surface area (Å²) in [6, 6.07) is 12.8. The zero-order valence-corrected chi connectivity index (χ0v) is 20.0. The molecular formula is C26H30N4O5. The van der Waals surface area contributed by atoms with E-state index in [2.05, 4.69) is 10.2 Å². The molecule has 9 heteroatoms. The van der Waals surface area contributed by atoms with E-state index in [9.17, 15) is 19.2 Å². The molecule has 0 radical (unpaired) electrons. The number of nitrogens with zero attached hydrogens (tertiary/aromatic N) is 3. The third kappa shape index (κ3) is 5.75. The van der Waals surface area contributed by atoms with Crippen molar-refractivity contribution in [1.82, 2.24) is 9.80 Å². The molecule has 2 aromatic carbocycles. The number of ether oxygens (including phenoxy) is 1. The molecule has 1 N–H and O–H groups in total. The van der Waals surface area contributed by atoms with Crippen LogP contribution >= 0.6 is 0 Å². The monoisotopic (exact) mass is 478 g/mol. The number of carbonyl (C=O) groups is 4. The average molecular weight is 479 g/mol. The third-order valence-corrected chi connectivity index (χ3v) is 6.27. The fourth-order valence-electron chi connectivity index (χ4n) is 4.36. The topological polar surface area (TPSA) is 99.3 Å². The van der Waals surface area contributed by atoms with Gasteiger partial charge >= 0.3 is 0 Å². The van der Waals surface area contributed by atoms with E-state index in [1.54, 1.807) is 36.4 Å². The molecule has 0 saturated carbocycles. The predicted molar refractivity (Wildman–Crippen MR) is 131 cm³/mol. The number of carbonyl (C=O) groups excluding carboxylic acids is 4. The van der Waals surface area contributed by atoms with E-state index in [-0.39, 0.29) is 24.1 Å². The fraction of sp³-hybridized carbons (Fsp3) is 0.385. The van der Waals surface area contributed by atoms with Gasteiger partial charge in [0, 0.05) is 44.4 Å². The van der Waals surface area contributed by atoms with Gasteiger partial charge in [0.25, 0.3) is 11.8 Å². The molecule has 1 unspecified atom stereocenters. The highest BCUT2D eigenvalue weighted by Crippen LogP contribution is 2.28. The van der Waals surface area contributed by atoms with Crippen LogP contribution in [0.15, 0.2) is 48.5 Å². The Bertz CT molecular complexity index is 1090. The van der Waals surface area contributed by atoms with Crippen LogP contribution in [-0.2, 0) is 19.1 Å². The standard InChI is InChI=1S/C26H30N4O5/c1-18-3-5-20(6-4-18)25(33)29(12-11-28-13-15-35-16-14-28)23-17-24(32)30(26(23)34)22-9-7-21(8-10-22)27-19(2)31/h3-10,23H,11-17H2,1-2H3,(H,27,31). The second-order valence-corrected chi connectivity index (χ2v) is 8.83. The molecule has 4 rings (SSSR count). The van der Waals surface area contributed by atoms with Crippen molar-refractivity contribution in [2.45, 2.75) is 26.3 Å². The lowest BCUT2D eigenvalue weighted by Crippen LogP contribution is -2.49. The third-order valence-electron chi connectivity index (χ3n) is 6.27. The minimum absolute atomic E-state index is 0.0764. The summed E-state index contributed by atoms with van der Waals surface area (Å²) in [7, 11) is 0. The van der Waals surface area contributed by atoms with Crippen molar-refractivity contribution in [1.29, 1.82) is 0 Å². The highest BCUT2D eigenvalue weighted by Gasteiger charge is 2.44. The lowest BCUT2D eigenvalue weighted by atomic mass is 10.1. The van der Waals surface area contributed by atoms with Crippen LogP contribution in [-0.4, -0.2) is 78.9 Å². The molecule has 2 heterocycles. The number of aryl methyl sites for hydroxylation is 1. The van der Waals surface area contributed by atoms with E-state index in [1.165, 1.54) is 11.8 Å². The molecular weight excluding hydrogens is 448 g/mol. The molecule has 2 fully saturated rings. The molecule has 0 aromatic heterocycles. The lowest BCUT2D eigenvalue weighted by Gasteiger charge is -2.32.